The van der Waals surface area contributed by atoms with Crippen molar-refractivity contribution in [2.45, 2.75) is 43.9 Å². The summed E-state index contributed by atoms with van der Waals surface area (Å²) in [4.78, 5) is 31.5. The summed E-state index contributed by atoms with van der Waals surface area (Å²) in [5.74, 6) is 4.75. The Labute approximate surface area is 146 Å². The summed E-state index contributed by atoms with van der Waals surface area (Å²) in [7, 11) is -2.83. The largest absolute Gasteiger partial charge is 0.355 e. The van der Waals surface area contributed by atoms with Gasteiger partial charge in [0.15, 0.2) is 13.2 Å². The van der Waals surface area contributed by atoms with Gasteiger partial charge in [-0.25, -0.2) is 10.8 Å². The van der Waals surface area contributed by atoms with Crippen molar-refractivity contribution in [2.24, 2.45) is 11.6 Å². The number of imidazole rings is 1. The summed E-state index contributed by atoms with van der Waals surface area (Å²) in [6.07, 6.45) is 4.94. The van der Waals surface area contributed by atoms with Crippen LogP contribution in [0.15, 0.2) is 12.5 Å². The Morgan fingerprint density at radius 3 is 3.00 bits per heavy atom. The number of nitrogens with one attached hydrogen (secondary N) is 3. The highest BCUT2D eigenvalue weighted by atomic mass is 31.1. The highest BCUT2D eigenvalue weighted by Gasteiger charge is 2.45. The minimum Gasteiger partial charge on any atom is -0.355 e. The number of rotatable bonds is 8. The first-order valence-corrected chi connectivity index (χ1v) is 9.70. The van der Waals surface area contributed by atoms with Crippen molar-refractivity contribution in [3.8, 4) is 0 Å². The number of aromatic nitrogens is 2. The average Bonchev–Trinajstić information content (AvgIpc) is 3.09. The molecular weight excluding hydrogens is 345 g/mol. The fourth-order valence-electron chi connectivity index (χ4n) is 2.69. The summed E-state index contributed by atoms with van der Waals surface area (Å²) >= 11 is 0. The highest BCUT2D eigenvalue weighted by Crippen LogP contribution is 2.39. The average molecular weight is 371 g/mol. The van der Waals surface area contributed by atoms with E-state index in [9.17, 15) is 14.2 Å². The maximum Gasteiger partial charge on any atom is 0.265 e. The van der Waals surface area contributed by atoms with Gasteiger partial charge in [-0.05, 0) is 19.3 Å². The van der Waals surface area contributed by atoms with Crippen LogP contribution < -0.4 is 22.0 Å². The van der Waals surface area contributed by atoms with E-state index in [0.717, 1.165) is 11.4 Å². The van der Waals surface area contributed by atoms with Crippen LogP contribution in [0.2, 0.25) is 0 Å². The van der Waals surface area contributed by atoms with E-state index < -0.39 is 25.2 Å². The number of H-pyrrole nitrogens is 1. The molecule has 2 amide bonds. The summed E-state index contributed by atoms with van der Waals surface area (Å²) in [5, 5.41) is 4.97. The predicted octanol–water partition coefficient (Wildman–Crippen LogP) is -0.938. The first-order chi connectivity index (χ1) is 11.9. The first-order valence-electron chi connectivity index (χ1n) is 8.30. The topological polar surface area (TPSA) is 159 Å². The number of hydrogen-bond donors (Lipinski definition) is 5. The molecule has 11 heteroatoms. The zero-order chi connectivity index (χ0) is 18.4. The van der Waals surface area contributed by atoms with Gasteiger partial charge in [0, 0.05) is 31.4 Å². The van der Waals surface area contributed by atoms with E-state index in [1.54, 1.807) is 6.20 Å². The van der Waals surface area contributed by atoms with Crippen LogP contribution in [0.25, 0.3) is 0 Å². The monoisotopic (exact) mass is 371 g/mol. The Bertz CT molecular complexity index is 624. The van der Waals surface area contributed by atoms with Crippen LogP contribution in [0.4, 0.5) is 0 Å². The van der Waals surface area contributed by atoms with Crippen molar-refractivity contribution < 1.29 is 14.2 Å². The Balaban J connectivity index is 2.12. The SMILES string of the molecule is CCCNC(=O)C(Cc1cnc[nH]1)N[PH](=O)[C@@]1(N)CCCN(N)C1=O. The van der Waals surface area contributed by atoms with Gasteiger partial charge in [-0.2, -0.15) is 0 Å². The number of nitrogens with two attached hydrogens (primary N) is 2. The van der Waals surface area contributed by atoms with Crippen molar-refractivity contribution >= 4 is 19.8 Å². The molecule has 0 aliphatic carbocycles. The lowest BCUT2D eigenvalue weighted by molar-refractivity contribution is -0.137. The molecule has 0 spiro atoms. The van der Waals surface area contributed by atoms with Crippen LogP contribution in [0, 0.1) is 0 Å². The molecule has 2 rings (SSSR count). The molecular formula is C14H26N7O3P. The summed E-state index contributed by atoms with van der Waals surface area (Å²) in [6, 6.07) is -0.792. The van der Waals surface area contributed by atoms with Crippen molar-refractivity contribution in [3.63, 3.8) is 0 Å². The van der Waals surface area contributed by atoms with Crippen molar-refractivity contribution in [1.29, 1.82) is 0 Å². The standard InChI is InChI=1S/C14H26N7O3P/c1-2-5-18-12(22)11(7-10-8-17-9-19-10)20-25(24)14(15)4-3-6-21(16)13(14)23/h8-9,11,25H,2-7,15-16H2,1H3,(H,17,19)(H,18,22)(H,20,24)/t11?,14-/m0/s1. The van der Waals surface area contributed by atoms with E-state index in [-0.39, 0.29) is 18.7 Å². The molecule has 1 aliphatic rings. The second-order valence-corrected chi connectivity index (χ2v) is 8.01. The van der Waals surface area contributed by atoms with E-state index in [1.807, 2.05) is 6.92 Å². The number of hydrazine groups is 1. The van der Waals surface area contributed by atoms with E-state index in [0.29, 0.717) is 25.2 Å². The van der Waals surface area contributed by atoms with E-state index >= 15 is 0 Å². The Hall–Kier alpha value is -1.74. The van der Waals surface area contributed by atoms with Gasteiger partial charge in [0.1, 0.15) is 0 Å². The molecule has 0 bridgehead atoms. The normalized spacial score (nSPS) is 23.3. The van der Waals surface area contributed by atoms with Gasteiger partial charge in [-0.3, -0.25) is 19.7 Å². The Morgan fingerprint density at radius 1 is 1.60 bits per heavy atom. The van der Waals surface area contributed by atoms with Crippen molar-refractivity contribution in [1.82, 2.24) is 25.4 Å². The van der Waals surface area contributed by atoms with Crippen molar-refractivity contribution in [3.05, 3.63) is 18.2 Å². The van der Waals surface area contributed by atoms with Gasteiger partial charge in [0.05, 0.1) is 12.4 Å². The van der Waals surface area contributed by atoms with Crippen LogP contribution >= 0.6 is 7.95 Å². The summed E-state index contributed by atoms with van der Waals surface area (Å²) < 4.78 is 12.8. The molecule has 2 unspecified atom stereocenters. The van der Waals surface area contributed by atoms with Crippen molar-refractivity contribution in [2.75, 3.05) is 13.1 Å². The molecule has 1 aromatic rings. The molecule has 1 saturated heterocycles. The minimum atomic E-state index is -2.83. The molecule has 0 aromatic carbocycles. The van der Waals surface area contributed by atoms with Crippen LogP contribution in [0.3, 0.4) is 0 Å². The van der Waals surface area contributed by atoms with Gasteiger partial charge >= 0.3 is 0 Å². The predicted molar refractivity (Wildman–Crippen MR) is 93.6 cm³/mol. The second-order valence-electron chi connectivity index (χ2n) is 6.17. The van der Waals surface area contributed by atoms with E-state index in [2.05, 4.69) is 20.4 Å². The Morgan fingerprint density at radius 2 is 2.36 bits per heavy atom. The fourth-order valence-corrected chi connectivity index (χ4v) is 4.24. The molecule has 1 fully saturated rings. The highest BCUT2D eigenvalue weighted by molar-refractivity contribution is 7.45. The number of carbonyl (C=O) groups is 2. The molecule has 3 atom stereocenters. The second kappa shape index (κ2) is 8.57. The molecule has 140 valence electrons. The number of aromatic amines is 1. The third-order valence-corrected chi connectivity index (χ3v) is 6.05. The Kier molecular flexibility index (Phi) is 6.71. The van der Waals surface area contributed by atoms with E-state index in [1.165, 1.54) is 6.33 Å². The molecule has 10 nitrogen and oxygen atoms in total. The lowest BCUT2D eigenvalue weighted by atomic mass is 10.1. The van der Waals surface area contributed by atoms with Gasteiger partial charge in [0.25, 0.3) is 5.91 Å². The van der Waals surface area contributed by atoms with Gasteiger partial charge < -0.3 is 20.6 Å². The van der Waals surface area contributed by atoms with Crippen LogP contribution in [-0.4, -0.2) is 51.2 Å². The number of hydrogen-bond acceptors (Lipinski definition) is 6. The number of carbonyl (C=O) groups excluding carboxylic acids is 2. The van der Waals surface area contributed by atoms with Gasteiger partial charge in [-0.1, -0.05) is 6.92 Å². The quantitative estimate of drug-likeness (QED) is 0.224. The maximum atomic E-state index is 12.8. The molecule has 0 radical (unpaired) electrons. The molecule has 1 aliphatic heterocycles. The number of piperidine rings is 1. The zero-order valence-corrected chi connectivity index (χ0v) is 15.2. The fraction of sp³-hybridized carbons (Fsp3) is 0.643. The molecule has 0 saturated carbocycles. The van der Waals surface area contributed by atoms with Crippen LogP contribution in [0.5, 0.6) is 0 Å². The molecule has 7 N–H and O–H groups in total. The number of amides is 2. The smallest absolute Gasteiger partial charge is 0.265 e. The third-order valence-electron chi connectivity index (χ3n) is 4.17. The van der Waals surface area contributed by atoms with Gasteiger partial charge in [-0.15, -0.1) is 0 Å². The molecule has 25 heavy (non-hydrogen) atoms. The van der Waals surface area contributed by atoms with Crippen LogP contribution in [-0.2, 0) is 20.6 Å². The van der Waals surface area contributed by atoms with E-state index in [4.69, 9.17) is 11.6 Å². The van der Waals surface area contributed by atoms with Crippen LogP contribution in [0.1, 0.15) is 31.9 Å². The third kappa shape index (κ3) is 4.66. The first kappa shape index (κ1) is 19.6. The molecule has 1 aromatic heterocycles. The lowest BCUT2D eigenvalue weighted by Gasteiger charge is -2.37. The zero-order valence-electron chi connectivity index (χ0n) is 14.2. The summed E-state index contributed by atoms with van der Waals surface area (Å²) in [5.41, 5.74) is 6.81. The maximum absolute atomic E-state index is 12.8. The minimum absolute atomic E-state index is 0.253. The lowest BCUT2D eigenvalue weighted by Crippen LogP contribution is -2.60. The summed E-state index contributed by atoms with van der Waals surface area (Å²) in [6.45, 7) is 2.82. The number of nitrogens with zero attached hydrogens (tertiary/aromatic N) is 2. The molecule has 2 heterocycles. The van der Waals surface area contributed by atoms with Gasteiger partial charge in [0.2, 0.25) is 5.91 Å².